The van der Waals surface area contributed by atoms with Gasteiger partial charge in [-0.2, -0.15) is 0 Å². The van der Waals surface area contributed by atoms with Crippen molar-refractivity contribution in [2.45, 2.75) is 30.7 Å². The lowest BCUT2D eigenvalue weighted by Gasteiger charge is -2.39. The fraction of sp³-hybridized carbons (Fsp3) is 0.318. The molecule has 2 aromatic carbocycles. The third kappa shape index (κ3) is 3.96. The van der Waals surface area contributed by atoms with Gasteiger partial charge < -0.3 is 49.3 Å². The van der Waals surface area contributed by atoms with Crippen LogP contribution in [0.2, 0.25) is 0 Å². The molecule has 3 aromatic rings. The molecule has 1 aliphatic heterocycles. The topological polar surface area (TPSA) is 179 Å². The maximum Gasteiger partial charge on any atom is 0.229 e. The number of rotatable bonds is 5. The molecule has 33 heavy (non-hydrogen) atoms. The van der Waals surface area contributed by atoms with E-state index in [4.69, 9.17) is 18.6 Å². The Balaban J connectivity index is 1.77. The van der Waals surface area contributed by atoms with Crippen LogP contribution in [-0.2, 0) is 4.74 Å². The van der Waals surface area contributed by atoms with E-state index in [1.807, 2.05) is 0 Å². The summed E-state index contributed by atoms with van der Waals surface area (Å²) in [5.74, 6) is -1.03. The summed E-state index contributed by atoms with van der Waals surface area (Å²) in [6.07, 6.45) is -6.52. The first-order chi connectivity index (χ1) is 15.8. The van der Waals surface area contributed by atoms with Crippen LogP contribution in [0.25, 0.3) is 22.1 Å². The molecular weight excluding hydrogens is 440 g/mol. The molecule has 1 aromatic heterocycles. The van der Waals surface area contributed by atoms with Crippen LogP contribution in [-0.4, -0.2) is 75.1 Å². The van der Waals surface area contributed by atoms with Crippen LogP contribution in [0.1, 0.15) is 0 Å². The lowest BCUT2D eigenvalue weighted by Crippen LogP contribution is -2.60. The van der Waals surface area contributed by atoms with Gasteiger partial charge in [-0.05, 0) is 17.7 Å². The van der Waals surface area contributed by atoms with Gasteiger partial charge in [-0.25, -0.2) is 0 Å². The first-order valence-corrected chi connectivity index (χ1v) is 9.88. The van der Waals surface area contributed by atoms with Crippen molar-refractivity contribution in [3.63, 3.8) is 0 Å². The van der Waals surface area contributed by atoms with Crippen LogP contribution in [0.15, 0.2) is 45.8 Å². The fourth-order valence-electron chi connectivity index (χ4n) is 3.64. The molecular formula is C22H22O11. The molecule has 1 aliphatic rings. The molecule has 0 aliphatic carbocycles. The molecule has 11 nitrogen and oxygen atoms in total. The second-order valence-corrected chi connectivity index (χ2v) is 7.47. The quantitative estimate of drug-likeness (QED) is 0.302. The summed E-state index contributed by atoms with van der Waals surface area (Å²) in [7, 11) is 1.21. The number of phenolic OH excluding ortho intramolecular Hbond substituents is 2. The third-order valence-corrected chi connectivity index (χ3v) is 5.43. The van der Waals surface area contributed by atoms with E-state index in [1.54, 1.807) is 0 Å². The van der Waals surface area contributed by atoms with Crippen molar-refractivity contribution < 1.29 is 49.3 Å². The van der Waals surface area contributed by atoms with Crippen molar-refractivity contribution in [1.82, 2.24) is 0 Å². The monoisotopic (exact) mass is 462 g/mol. The van der Waals surface area contributed by atoms with E-state index >= 15 is 0 Å². The van der Waals surface area contributed by atoms with Gasteiger partial charge in [0.25, 0.3) is 0 Å². The summed E-state index contributed by atoms with van der Waals surface area (Å²) in [5, 5.41) is 59.5. The average molecular weight is 462 g/mol. The van der Waals surface area contributed by atoms with Crippen LogP contribution >= 0.6 is 0 Å². The van der Waals surface area contributed by atoms with Gasteiger partial charge in [0.05, 0.1) is 19.3 Å². The van der Waals surface area contributed by atoms with Gasteiger partial charge in [-0.3, -0.25) is 4.79 Å². The van der Waals surface area contributed by atoms with Crippen LogP contribution < -0.4 is 14.9 Å². The molecule has 1 fully saturated rings. The zero-order chi connectivity index (χ0) is 23.9. The second-order valence-electron chi connectivity index (χ2n) is 7.47. The van der Waals surface area contributed by atoms with E-state index in [2.05, 4.69) is 0 Å². The summed E-state index contributed by atoms with van der Waals surface area (Å²) >= 11 is 0. The normalized spacial score (nSPS) is 25.2. The minimum atomic E-state index is -1.70. The number of benzene rings is 2. The Kier molecular flexibility index (Phi) is 6.15. The van der Waals surface area contributed by atoms with Crippen molar-refractivity contribution in [1.29, 1.82) is 0 Å². The van der Waals surface area contributed by atoms with E-state index < -0.39 is 48.5 Å². The van der Waals surface area contributed by atoms with Crippen molar-refractivity contribution in [2.75, 3.05) is 13.7 Å². The predicted molar refractivity (Wildman–Crippen MR) is 112 cm³/mol. The van der Waals surface area contributed by atoms with Gasteiger partial charge in [0.15, 0.2) is 11.5 Å². The van der Waals surface area contributed by atoms with Crippen LogP contribution in [0.3, 0.4) is 0 Å². The van der Waals surface area contributed by atoms with Gasteiger partial charge in [-0.15, -0.1) is 0 Å². The van der Waals surface area contributed by atoms with E-state index in [1.165, 1.54) is 43.7 Å². The molecule has 0 spiro atoms. The number of hydrogen-bond acceptors (Lipinski definition) is 11. The first-order valence-electron chi connectivity index (χ1n) is 9.88. The molecule has 0 radical (unpaired) electrons. The Morgan fingerprint density at radius 3 is 2.36 bits per heavy atom. The fourth-order valence-corrected chi connectivity index (χ4v) is 3.64. The Bertz CT molecular complexity index is 1200. The number of fused-ring (bicyclic) bond motifs is 1. The maximum absolute atomic E-state index is 13.1. The molecule has 6 N–H and O–H groups in total. The number of aliphatic hydroxyl groups excluding tert-OH is 4. The van der Waals surface area contributed by atoms with Crippen LogP contribution in [0, 0.1) is 0 Å². The molecule has 176 valence electrons. The highest BCUT2D eigenvalue weighted by Crippen LogP contribution is 2.43. The van der Waals surface area contributed by atoms with E-state index in [-0.39, 0.29) is 33.8 Å². The number of ether oxygens (including phenoxy) is 3. The van der Waals surface area contributed by atoms with Crippen molar-refractivity contribution in [2.24, 2.45) is 0 Å². The Labute approximate surface area is 186 Å². The highest BCUT2D eigenvalue weighted by atomic mass is 16.7. The van der Waals surface area contributed by atoms with Crippen molar-refractivity contribution in [3.8, 4) is 34.1 Å². The zero-order valence-corrected chi connectivity index (χ0v) is 17.3. The highest BCUT2D eigenvalue weighted by molar-refractivity contribution is 5.91. The van der Waals surface area contributed by atoms with E-state index in [0.29, 0.717) is 5.56 Å². The lowest BCUT2D eigenvalue weighted by molar-refractivity contribution is -0.277. The van der Waals surface area contributed by atoms with Crippen molar-refractivity contribution in [3.05, 3.63) is 46.8 Å². The number of aliphatic hydroxyl groups is 4. The molecule has 2 heterocycles. The number of hydrogen-bond donors (Lipinski definition) is 6. The van der Waals surface area contributed by atoms with E-state index in [9.17, 15) is 35.4 Å². The van der Waals surface area contributed by atoms with Crippen molar-refractivity contribution >= 4 is 11.0 Å². The van der Waals surface area contributed by atoms with Gasteiger partial charge in [0, 0.05) is 6.07 Å². The molecule has 0 unspecified atom stereocenters. The summed E-state index contributed by atoms with van der Waals surface area (Å²) in [6.45, 7) is -0.653. The van der Waals surface area contributed by atoms with Crippen LogP contribution in [0.4, 0.5) is 0 Å². The third-order valence-electron chi connectivity index (χ3n) is 5.43. The summed E-state index contributed by atoms with van der Waals surface area (Å²) in [6, 6.07) is 7.06. The molecule has 0 bridgehead atoms. The van der Waals surface area contributed by atoms with Gasteiger partial charge >= 0.3 is 0 Å². The Morgan fingerprint density at radius 1 is 1.03 bits per heavy atom. The molecule has 5 atom stereocenters. The molecule has 0 saturated carbocycles. The number of phenols is 2. The summed E-state index contributed by atoms with van der Waals surface area (Å²) in [4.78, 5) is 13.1. The molecule has 11 heteroatoms. The average Bonchev–Trinajstić information content (AvgIpc) is 2.80. The maximum atomic E-state index is 13.1. The molecule has 4 rings (SSSR count). The highest BCUT2D eigenvalue weighted by Gasteiger charge is 2.45. The van der Waals surface area contributed by atoms with Crippen LogP contribution in [0.5, 0.6) is 23.0 Å². The molecule has 0 amide bonds. The zero-order valence-electron chi connectivity index (χ0n) is 17.3. The van der Waals surface area contributed by atoms with E-state index in [0.717, 1.165) is 0 Å². The largest absolute Gasteiger partial charge is 0.508 e. The Hall–Kier alpha value is -3.35. The van der Waals surface area contributed by atoms with Gasteiger partial charge in [-0.1, -0.05) is 12.1 Å². The smallest absolute Gasteiger partial charge is 0.229 e. The lowest BCUT2D eigenvalue weighted by atomic mass is 9.99. The Morgan fingerprint density at radius 2 is 1.73 bits per heavy atom. The summed E-state index contributed by atoms with van der Waals surface area (Å²) < 4.78 is 21.6. The van der Waals surface area contributed by atoms with Gasteiger partial charge in [0.1, 0.15) is 47.4 Å². The predicted octanol–water partition coefficient (Wildman–Crippen LogP) is 0.0585. The SMILES string of the molecule is COc1c(O[C@@H]2O[C@H](CO)[C@@H](O)[C@H](O)[C@H]2O)cc2occ(-c3ccc(O)cc3)c(=O)c2c1O. The standard InChI is InChI=1S/C22H22O11/c1-30-21-13(32-22-20(29)19(28)17(26)14(7-23)33-22)6-12-15(18(21)27)16(25)11(8-31-12)9-2-4-10(24)5-3-9/h2-6,8,14,17,19-20,22-24,26-29H,7H2,1H3/t14-,17-,19+,20-,22-/m1/s1. The minimum Gasteiger partial charge on any atom is -0.508 e. The second kappa shape index (κ2) is 8.89. The number of methoxy groups -OCH3 is 1. The summed E-state index contributed by atoms with van der Waals surface area (Å²) in [5.41, 5.74) is -0.0662. The minimum absolute atomic E-state index is 0.0171. The number of aromatic hydroxyl groups is 2. The molecule has 1 saturated heterocycles. The van der Waals surface area contributed by atoms with Gasteiger partial charge in [0.2, 0.25) is 17.5 Å². The first kappa shape index (κ1) is 22.8.